The van der Waals surface area contributed by atoms with Crippen molar-refractivity contribution in [3.63, 3.8) is 0 Å². The van der Waals surface area contributed by atoms with E-state index >= 15 is 0 Å². The molecule has 142 valence electrons. The maximum Gasteiger partial charge on any atom is 0.251 e. The summed E-state index contributed by atoms with van der Waals surface area (Å²) in [6.07, 6.45) is 5.17. The first-order valence-corrected chi connectivity index (χ1v) is 10.2. The highest BCUT2D eigenvalue weighted by atomic mass is 32.2. The number of carbonyl (C=O) groups is 1. The SMILES string of the molecule is CCOc1cc(SCC)nc2cc(C(=O)NCCCc3ncc[nH]3)ccc12. The molecule has 7 heteroatoms. The van der Waals surface area contributed by atoms with Crippen molar-refractivity contribution in [3.05, 3.63) is 48.0 Å². The molecule has 0 atom stereocenters. The van der Waals surface area contributed by atoms with E-state index in [9.17, 15) is 4.79 Å². The number of ether oxygens (including phenoxy) is 1. The fraction of sp³-hybridized carbons (Fsp3) is 0.350. The van der Waals surface area contributed by atoms with Crippen LogP contribution in [0.15, 0.2) is 41.7 Å². The van der Waals surface area contributed by atoms with Crippen molar-refractivity contribution in [2.75, 3.05) is 18.9 Å². The molecule has 0 unspecified atom stereocenters. The highest BCUT2D eigenvalue weighted by Gasteiger charge is 2.11. The van der Waals surface area contributed by atoms with Gasteiger partial charge >= 0.3 is 0 Å². The van der Waals surface area contributed by atoms with Crippen LogP contribution in [0.3, 0.4) is 0 Å². The van der Waals surface area contributed by atoms with Gasteiger partial charge in [0.05, 0.1) is 12.1 Å². The molecule has 27 heavy (non-hydrogen) atoms. The molecular formula is C20H24N4O2S. The second-order valence-electron chi connectivity index (χ2n) is 5.95. The standard InChI is InChI=1S/C20H24N4O2S/c1-3-26-17-13-19(27-4-2)24-16-12-14(7-8-15(16)17)20(25)23-9-5-6-18-21-10-11-22-18/h7-8,10-13H,3-6,9H2,1-2H3,(H,21,22)(H,23,25). The Morgan fingerprint density at radius 3 is 2.93 bits per heavy atom. The number of pyridine rings is 1. The Balaban J connectivity index is 1.71. The first-order valence-electron chi connectivity index (χ1n) is 9.18. The van der Waals surface area contributed by atoms with Gasteiger partial charge in [0, 0.05) is 42.4 Å². The number of aromatic nitrogens is 3. The van der Waals surface area contributed by atoms with Gasteiger partial charge in [-0.25, -0.2) is 9.97 Å². The molecule has 0 spiro atoms. The van der Waals surface area contributed by atoms with E-state index < -0.39 is 0 Å². The third-order valence-electron chi connectivity index (χ3n) is 4.03. The lowest BCUT2D eigenvalue weighted by atomic mass is 10.1. The largest absolute Gasteiger partial charge is 0.493 e. The molecule has 1 aromatic carbocycles. The van der Waals surface area contributed by atoms with Gasteiger partial charge < -0.3 is 15.0 Å². The average molecular weight is 385 g/mol. The Morgan fingerprint density at radius 1 is 1.30 bits per heavy atom. The Kier molecular flexibility index (Phi) is 6.70. The Bertz CT molecular complexity index is 896. The number of aromatic amines is 1. The highest BCUT2D eigenvalue weighted by molar-refractivity contribution is 7.99. The lowest BCUT2D eigenvalue weighted by Gasteiger charge is -2.11. The molecule has 3 aromatic rings. The summed E-state index contributed by atoms with van der Waals surface area (Å²) < 4.78 is 5.76. The minimum atomic E-state index is -0.0929. The molecule has 0 aliphatic carbocycles. The van der Waals surface area contributed by atoms with Crippen LogP contribution < -0.4 is 10.1 Å². The summed E-state index contributed by atoms with van der Waals surface area (Å²) in [6.45, 7) is 5.24. The van der Waals surface area contributed by atoms with Crippen molar-refractivity contribution in [2.45, 2.75) is 31.7 Å². The van der Waals surface area contributed by atoms with Gasteiger partial charge in [0.15, 0.2) is 0 Å². The highest BCUT2D eigenvalue weighted by Crippen LogP contribution is 2.30. The van der Waals surface area contributed by atoms with Crippen molar-refractivity contribution in [2.24, 2.45) is 0 Å². The number of hydrogen-bond acceptors (Lipinski definition) is 5. The van der Waals surface area contributed by atoms with Crippen molar-refractivity contribution in [3.8, 4) is 5.75 Å². The van der Waals surface area contributed by atoms with E-state index in [1.54, 1.807) is 24.2 Å². The summed E-state index contributed by atoms with van der Waals surface area (Å²) in [4.78, 5) is 24.4. The van der Waals surface area contributed by atoms with E-state index in [-0.39, 0.29) is 5.91 Å². The van der Waals surface area contributed by atoms with Gasteiger partial charge in [-0.15, -0.1) is 11.8 Å². The van der Waals surface area contributed by atoms with Gasteiger partial charge in [0.2, 0.25) is 0 Å². The van der Waals surface area contributed by atoms with Crippen LogP contribution in [0.5, 0.6) is 5.75 Å². The summed E-state index contributed by atoms with van der Waals surface area (Å²) >= 11 is 1.66. The minimum Gasteiger partial charge on any atom is -0.493 e. The van der Waals surface area contributed by atoms with Crippen LogP contribution in [0, 0.1) is 0 Å². The zero-order valence-electron chi connectivity index (χ0n) is 15.6. The number of amides is 1. The molecule has 0 saturated heterocycles. The molecule has 0 aliphatic rings. The number of H-pyrrole nitrogens is 1. The zero-order chi connectivity index (χ0) is 19.1. The minimum absolute atomic E-state index is 0.0929. The summed E-state index contributed by atoms with van der Waals surface area (Å²) in [5.41, 5.74) is 1.38. The topological polar surface area (TPSA) is 79.9 Å². The van der Waals surface area contributed by atoms with Crippen LogP contribution in [-0.2, 0) is 6.42 Å². The number of hydrogen-bond donors (Lipinski definition) is 2. The smallest absolute Gasteiger partial charge is 0.251 e. The molecule has 2 aromatic heterocycles. The van der Waals surface area contributed by atoms with Gasteiger partial charge in [0.1, 0.15) is 16.6 Å². The number of nitrogens with one attached hydrogen (secondary N) is 2. The van der Waals surface area contributed by atoms with Crippen molar-refractivity contribution < 1.29 is 9.53 Å². The Hall–Kier alpha value is -2.54. The van der Waals surface area contributed by atoms with E-state index in [1.165, 1.54) is 0 Å². The van der Waals surface area contributed by atoms with Crippen LogP contribution in [-0.4, -0.2) is 39.8 Å². The van der Waals surface area contributed by atoms with Crippen molar-refractivity contribution >= 4 is 28.6 Å². The van der Waals surface area contributed by atoms with Gasteiger partial charge in [-0.2, -0.15) is 0 Å². The third-order valence-corrected chi connectivity index (χ3v) is 4.83. The van der Waals surface area contributed by atoms with Crippen molar-refractivity contribution in [1.29, 1.82) is 0 Å². The van der Waals surface area contributed by atoms with Crippen LogP contribution >= 0.6 is 11.8 Å². The van der Waals surface area contributed by atoms with E-state index in [2.05, 4.69) is 27.2 Å². The van der Waals surface area contributed by atoms with Crippen molar-refractivity contribution in [1.82, 2.24) is 20.3 Å². The number of thioether (sulfide) groups is 1. The predicted octanol–water partition coefficient (Wildman–Crippen LogP) is 3.83. The Morgan fingerprint density at radius 2 is 2.19 bits per heavy atom. The van der Waals surface area contributed by atoms with Crippen LogP contribution in [0.4, 0.5) is 0 Å². The van der Waals surface area contributed by atoms with Gasteiger partial charge in [0.25, 0.3) is 5.91 Å². The molecule has 0 saturated carbocycles. The molecule has 2 N–H and O–H groups in total. The van der Waals surface area contributed by atoms with Gasteiger partial charge in [-0.05, 0) is 37.3 Å². The second kappa shape index (κ2) is 9.41. The summed E-state index contributed by atoms with van der Waals surface area (Å²) in [5, 5.41) is 4.79. The average Bonchev–Trinajstić information content (AvgIpc) is 3.18. The lowest BCUT2D eigenvalue weighted by Crippen LogP contribution is -2.24. The van der Waals surface area contributed by atoms with E-state index in [4.69, 9.17) is 4.74 Å². The summed E-state index contributed by atoms with van der Waals surface area (Å²) in [6, 6.07) is 7.53. The molecule has 0 bridgehead atoms. The molecular weight excluding hydrogens is 360 g/mol. The van der Waals surface area contributed by atoms with Gasteiger partial charge in [-0.3, -0.25) is 4.79 Å². The molecule has 0 fully saturated rings. The normalized spacial score (nSPS) is 10.9. The number of aryl methyl sites for hydroxylation is 1. The summed E-state index contributed by atoms with van der Waals surface area (Å²) in [5.74, 6) is 2.58. The number of rotatable bonds is 9. The van der Waals surface area contributed by atoms with E-state index in [0.29, 0.717) is 18.7 Å². The lowest BCUT2D eigenvalue weighted by molar-refractivity contribution is 0.0953. The van der Waals surface area contributed by atoms with Gasteiger partial charge in [-0.1, -0.05) is 6.92 Å². The van der Waals surface area contributed by atoms with E-state index in [0.717, 1.165) is 46.1 Å². The third kappa shape index (κ3) is 5.01. The fourth-order valence-corrected chi connectivity index (χ4v) is 3.45. The number of carbonyl (C=O) groups excluding carboxylic acids is 1. The first kappa shape index (κ1) is 19.2. The molecule has 3 rings (SSSR count). The van der Waals surface area contributed by atoms with E-state index in [1.807, 2.05) is 31.2 Å². The van der Waals surface area contributed by atoms with Crippen LogP contribution in [0.2, 0.25) is 0 Å². The molecule has 6 nitrogen and oxygen atoms in total. The number of benzene rings is 1. The molecule has 0 radical (unpaired) electrons. The molecule has 0 aliphatic heterocycles. The number of imidazole rings is 1. The zero-order valence-corrected chi connectivity index (χ0v) is 16.4. The molecule has 2 heterocycles. The first-order chi connectivity index (χ1) is 13.2. The second-order valence-corrected chi connectivity index (χ2v) is 7.24. The monoisotopic (exact) mass is 384 g/mol. The maximum atomic E-state index is 12.5. The summed E-state index contributed by atoms with van der Waals surface area (Å²) in [7, 11) is 0. The quantitative estimate of drug-likeness (QED) is 0.433. The molecule has 1 amide bonds. The predicted molar refractivity (Wildman–Crippen MR) is 109 cm³/mol. The van der Waals surface area contributed by atoms with Crippen LogP contribution in [0.1, 0.15) is 36.5 Å². The Labute approximate surface area is 163 Å². The number of fused-ring (bicyclic) bond motifs is 1. The fourth-order valence-electron chi connectivity index (χ4n) is 2.81. The number of nitrogens with zero attached hydrogens (tertiary/aromatic N) is 2. The maximum absolute atomic E-state index is 12.5. The van der Waals surface area contributed by atoms with Crippen LogP contribution in [0.25, 0.3) is 10.9 Å².